The zero-order chi connectivity index (χ0) is 16.1. The molecule has 0 unspecified atom stereocenters. The van der Waals surface area contributed by atoms with Crippen molar-refractivity contribution in [2.75, 3.05) is 53.0 Å². The highest BCUT2D eigenvalue weighted by atomic mass is 16.5. The Hall–Kier alpha value is -1.60. The molecule has 0 radical (unpaired) electrons. The van der Waals surface area contributed by atoms with E-state index in [0.29, 0.717) is 0 Å². The van der Waals surface area contributed by atoms with Crippen LogP contribution in [0.2, 0.25) is 0 Å². The fraction of sp³-hybridized carbons (Fsp3) is 0.750. The van der Waals surface area contributed by atoms with Gasteiger partial charge < -0.3 is 19.5 Å². The number of rotatable bonds is 7. The second-order valence-electron chi connectivity index (χ2n) is 6.72. The lowest BCUT2D eigenvalue weighted by atomic mass is 10.1. The van der Waals surface area contributed by atoms with E-state index >= 15 is 0 Å². The van der Waals surface area contributed by atoms with Crippen molar-refractivity contribution in [2.45, 2.75) is 19.4 Å². The first kappa shape index (κ1) is 16.3. The number of hydrogen-bond donors (Lipinski definition) is 1. The normalized spacial score (nSPS) is 20.5. The van der Waals surface area contributed by atoms with Crippen LogP contribution >= 0.6 is 0 Å². The molecule has 0 aromatic carbocycles. The molecule has 3 rings (SSSR count). The summed E-state index contributed by atoms with van der Waals surface area (Å²) in [6, 6.07) is 0.0771. The number of ether oxygens (including phenoxy) is 1. The van der Waals surface area contributed by atoms with Gasteiger partial charge in [0, 0.05) is 70.7 Å². The first-order valence-corrected chi connectivity index (χ1v) is 8.41. The molecule has 0 spiro atoms. The van der Waals surface area contributed by atoms with E-state index in [1.54, 1.807) is 13.3 Å². The van der Waals surface area contributed by atoms with Crippen LogP contribution in [-0.2, 0) is 11.3 Å². The van der Waals surface area contributed by atoms with Crippen LogP contribution in [-0.4, -0.2) is 78.4 Å². The molecule has 1 aliphatic carbocycles. The first-order chi connectivity index (χ1) is 11.2. The molecular weight excluding hydrogens is 294 g/mol. The number of carbonyl (C=O) groups excluding carboxylic acids is 1. The molecule has 0 bridgehead atoms. The molecule has 0 atom stereocenters. The highest BCUT2D eigenvalue weighted by Crippen LogP contribution is 2.46. The summed E-state index contributed by atoms with van der Waals surface area (Å²) < 4.78 is 7.21. The number of nitrogens with zero attached hydrogens (tertiary/aromatic N) is 4. The Balaban J connectivity index is 1.38. The van der Waals surface area contributed by atoms with E-state index < -0.39 is 0 Å². The third kappa shape index (κ3) is 4.45. The second-order valence-corrected chi connectivity index (χ2v) is 6.72. The summed E-state index contributed by atoms with van der Waals surface area (Å²) in [4.78, 5) is 20.7. The molecule has 1 N–H and O–H groups in total. The number of nitrogens with one attached hydrogen (secondary N) is 1. The van der Waals surface area contributed by atoms with Crippen molar-refractivity contribution in [2.24, 2.45) is 5.41 Å². The van der Waals surface area contributed by atoms with Crippen molar-refractivity contribution >= 4 is 6.03 Å². The molecule has 1 aromatic heterocycles. The average Bonchev–Trinajstić information content (AvgIpc) is 3.15. The number of hydrogen-bond acceptors (Lipinski definition) is 4. The summed E-state index contributed by atoms with van der Waals surface area (Å²) in [5.74, 6) is 0. The topological polar surface area (TPSA) is 62.6 Å². The van der Waals surface area contributed by atoms with Crippen molar-refractivity contribution in [3.8, 4) is 0 Å². The average molecular weight is 321 g/mol. The largest absolute Gasteiger partial charge is 0.383 e. The number of imidazole rings is 1. The maximum absolute atomic E-state index is 12.3. The minimum atomic E-state index is 0.0771. The van der Waals surface area contributed by atoms with Crippen molar-refractivity contribution < 1.29 is 9.53 Å². The van der Waals surface area contributed by atoms with Gasteiger partial charge in [0.05, 0.1) is 12.9 Å². The van der Waals surface area contributed by atoms with Crippen LogP contribution in [0.3, 0.4) is 0 Å². The lowest BCUT2D eigenvalue weighted by molar-refractivity contribution is 0.105. The van der Waals surface area contributed by atoms with Crippen molar-refractivity contribution in [3.05, 3.63) is 18.7 Å². The van der Waals surface area contributed by atoms with E-state index in [2.05, 4.69) is 19.8 Å². The molecule has 2 aliphatic rings. The van der Waals surface area contributed by atoms with Gasteiger partial charge in [0.2, 0.25) is 0 Å². The van der Waals surface area contributed by atoms with Crippen molar-refractivity contribution in [3.63, 3.8) is 0 Å². The number of methoxy groups -OCH3 is 1. The van der Waals surface area contributed by atoms with E-state index in [4.69, 9.17) is 4.74 Å². The lowest BCUT2D eigenvalue weighted by Gasteiger charge is -2.34. The number of aromatic nitrogens is 2. The summed E-state index contributed by atoms with van der Waals surface area (Å²) in [5.41, 5.74) is 0.233. The fourth-order valence-corrected chi connectivity index (χ4v) is 3.10. The molecule has 1 aromatic rings. The minimum Gasteiger partial charge on any atom is -0.383 e. The van der Waals surface area contributed by atoms with Gasteiger partial charge in [0.15, 0.2) is 0 Å². The smallest absolute Gasteiger partial charge is 0.317 e. The van der Waals surface area contributed by atoms with Crippen LogP contribution in [0.5, 0.6) is 0 Å². The summed E-state index contributed by atoms with van der Waals surface area (Å²) in [6.45, 7) is 6.84. The van der Waals surface area contributed by atoms with Crippen molar-refractivity contribution in [1.29, 1.82) is 0 Å². The van der Waals surface area contributed by atoms with Gasteiger partial charge in [-0.15, -0.1) is 0 Å². The number of urea groups is 1. The van der Waals surface area contributed by atoms with Gasteiger partial charge in [-0.3, -0.25) is 4.90 Å². The summed E-state index contributed by atoms with van der Waals surface area (Å²) in [6.07, 6.45) is 7.99. The van der Waals surface area contributed by atoms with Gasteiger partial charge >= 0.3 is 6.03 Å². The molecule has 1 saturated carbocycles. The zero-order valence-corrected chi connectivity index (χ0v) is 13.9. The quantitative estimate of drug-likeness (QED) is 0.800. The Morgan fingerprint density at radius 1 is 1.30 bits per heavy atom. The van der Waals surface area contributed by atoms with Gasteiger partial charge in [0.1, 0.15) is 0 Å². The summed E-state index contributed by atoms with van der Waals surface area (Å²) >= 11 is 0. The van der Waals surface area contributed by atoms with Gasteiger partial charge in [-0.1, -0.05) is 0 Å². The molecule has 7 heteroatoms. The van der Waals surface area contributed by atoms with Crippen LogP contribution in [0, 0.1) is 5.41 Å². The third-order valence-corrected chi connectivity index (χ3v) is 4.92. The highest BCUT2D eigenvalue weighted by Gasteiger charge is 2.43. The first-order valence-electron chi connectivity index (χ1n) is 8.41. The van der Waals surface area contributed by atoms with Crippen LogP contribution in [0.4, 0.5) is 4.79 Å². The molecule has 2 heterocycles. The molecule has 1 saturated heterocycles. The number of amides is 2. The number of carbonyl (C=O) groups is 1. The second kappa shape index (κ2) is 7.31. The maximum atomic E-state index is 12.3. The van der Waals surface area contributed by atoms with E-state index in [9.17, 15) is 4.79 Å². The Bertz CT molecular complexity index is 493. The van der Waals surface area contributed by atoms with Gasteiger partial charge in [-0.2, -0.15) is 0 Å². The van der Waals surface area contributed by atoms with E-state index in [1.165, 1.54) is 12.8 Å². The van der Waals surface area contributed by atoms with Gasteiger partial charge in [0.25, 0.3) is 0 Å². The molecule has 128 valence electrons. The van der Waals surface area contributed by atoms with Crippen LogP contribution in [0.25, 0.3) is 0 Å². The van der Waals surface area contributed by atoms with Crippen LogP contribution in [0.1, 0.15) is 12.8 Å². The predicted molar refractivity (Wildman–Crippen MR) is 87.2 cm³/mol. The summed E-state index contributed by atoms with van der Waals surface area (Å²) in [5, 5.41) is 3.14. The standard InChI is InChI=1S/C16H27N5O2/c1-23-11-10-19-6-8-21(9-7-19)15(22)18-12-16(2-3-16)13-20-5-4-17-14-20/h4-5,14H,2-3,6-13H2,1H3,(H,18,22). The lowest BCUT2D eigenvalue weighted by Crippen LogP contribution is -2.53. The van der Waals surface area contributed by atoms with E-state index in [0.717, 1.165) is 52.4 Å². The molecule has 2 amide bonds. The maximum Gasteiger partial charge on any atom is 0.317 e. The SMILES string of the molecule is COCCN1CCN(C(=O)NCC2(Cn3ccnc3)CC2)CC1. The van der Waals surface area contributed by atoms with Gasteiger partial charge in [-0.05, 0) is 12.8 Å². The zero-order valence-electron chi connectivity index (χ0n) is 13.9. The van der Waals surface area contributed by atoms with Crippen molar-refractivity contribution in [1.82, 2.24) is 24.7 Å². The number of piperazine rings is 1. The molecule has 23 heavy (non-hydrogen) atoms. The monoisotopic (exact) mass is 321 g/mol. The Morgan fingerprint density at radius 2 is 2.09 bits per heavy atom. The molecule has 1 aliphatic heterocycles. The molecule has 2 fully saturated rings. The van der Waals surface area contributed by atoms with E-state index in [1.807, 2.05) is 17.4 Å². The van der Waals surface area contributed by atoms with Crippen LogP contribution in [0.15, 0.2) is 18.7 Å². The predicted octanol–water partition coefficient (Wildman–Crippen LogP) is 0.637. The Labute approximate surface area is 137 Å². The van der Waals surface area contributed by atoms with Gasteiger partial charge in [-0.25, -0.2) is 9.78 Å². The summed E-state index contributed by atoms with van der Waals surface area (Å²) in [7, 11) is 1.72. The Kier molecular flexibility index (Phi) is 5.17. The fourth-order valence-electron chi connectivity index (χ4n) is 3.10. The Morgan fingerprint density at radius 3 is 2.70 bits per heavy atom. The minimum absolute atomic E-state index is 0.0771. The molecule has 7 nitrogen and oxygen atoms in total. The third-order valence-electron chi connectivity index (χ3n) is 4.92. The molecular formula is C16H27N5O2. The van der Waals surface area contributed by atoms with E-state index in [-0.39, 0.29) is 11.4 Å². The van der Waals surface area contributed by atoms with Crippen LogP contribution < -0.4 is 5.32 Å². The highest BCUT2D eigenvalue weighted by molar-refractivity contribution is 5.74.